The van der Waals surface area contributed by atoms with Crippen LogP contribution in [0.4, 0.5) is 5.13 Å². The lowest BCUT2D eigenvalue weighted by molar-refractivity contribution is 0.660. The van der Waals surface area contributed by atoms with E-state index >= 15 is 0 Å². The number of aryl methyl sites for hydroxylation is 2. The van der Waals surface area contributed by atoms with E-state index in [2.05, 4.69) is 45.0 Å². The van der Waals surface area contributed by atoms with Gasteiger partial charge in [-0.25, -0.2) is 9.97 Å². The molecule has 0 unspecified atom stereocenters. The molecule has 2 aromatic heterocycles. The molecule has 5 heteroatoms. The van der Waals surface area contributed by atoms with Crippen LogP contribution in [-0.2, 0) is 13.0 Å². The maximum absolute atomic E-state index is 4.61. The average molecular weight is 286 g/mol. The molecule has 1 N–H and O–H groups in total. The third-order valence-corrected chi connectivity index (χ3v) is 4.27. The topological polar surface area (TPSA) is 42.7 Å². The third-order valence-electron chi connectivity index (χ3n) is 3.29. The summed E-state index contributed by atoms with van der Waals surface area (Å²) in [6.45, 7) is 4.09. The molecule has 2 heterocycles. The molecule has 0 fully saturated rings. The lowest BCUT2D eigenvalue weighted by Gasteiger charge is -2.02. The first-order valence-electron chi connectivity index (χ1n) is 6.94. The van der Waals surface area contributed by atoms with Crippen LogP contribution in [0.15, 0.2) is 36.9 Å². The minimum absolute atomic E-state index is 0.929. The Balaban J connectivity index is 1.57. The summed E-state index contributed by atoms with van der Waals surface area (Å²) in [5.74, 6) is 0. The van der Waals surface area contributed by atoms with Crippen LogP contribution in [-0.4, -0.2) is 21.1 Å². The van der Waals surface area contributed by atoms with Gasteiger partial charge in [0.05, 0.1) is 16.5 Å². The fourth-order valence-corrected chi connectivity index (χ4v) is 3.10. The first-order valence-corrected chi connectivity index (χ1v) is 7.76. The summed E-state index contributed by atoms with van der Waals surface area (Å²) < 4.78 is 3.36. The van der Waals surface area contributed by atoms with Gasteiger partial charge >= 0.3 is 0 Å². The highest BCUT2D eigenvalue weighted by Crippen LogP contribution is 2.26. The lowest BCUT2D eigenvalue weighted by Crippen LogP contribution is -2.05. The van der Waals surface area contributed by atoms with Crippen molar-refractivity contribution in [3.8, 4) is 0 Å². The van der Waals surface area contributed by atoms with Crippen LogP contribution in [0.1, 0.15) is 18.9 Å². The van der Waals surface area contributed by atoms with E-state index in [4.69, 9.17) is 0 Å². The van der Waals surface area contributed by atoms with Gasteiger partial charge in [-0.2, -0.15) is 0 Å². The Hall–Kier alpha value is -1.88. The van der Waals surface area contributed by atoms with Crippen LogP contribution in [0.5, 0.6) is 0 Å². The molecule has 3 aromatic rings. The molecule has 4 nitrogen and oxygen atoms in total. The van der Waals surface area contributed by atoms with Gasteiger partial charge in [-0.15, -0.1) is 0 Å². The van der Waals surface area contributed by atoms with Crippen molar-refractivity contribution in [1.29, 1.82) is 0 Å². The molecule has 20 heavy (non-hydrogen) atoms. The van der Waals surface area contributed by atoms with Gasteiger partial charge in [-0.1, -0.05) is 24.3 Å². The van der Waals surface area contributed by atoms with Crippen LogP contribution >= 0.6 is 11.3 Å². The zero-order chi connectivity index (χ0) is 13.8. The molecule has 0 saturated carbocycles. The number of hydrogen-bond donors (Lipinski definition) is 1. The summed E-state index contributed by atoms with van der Waals surface area (Å²) in [5, 5.41) is 4.42. The monoisotopic (exact) mass is 286 g/mol. The molecular weight excluding hydrogens is 268 g/mol. The summed E-state index contributed by atoms with van der Waals surface area (Å²) in [5.41, 5.74) is 2.46. The number of nitrogens with one attached hydrogen (secondary N) is 1. The highest BCUT2D eigenvalue weighted by molar-refractivity contribution is 7.22. The van der Waals surface area contributed by atoms with E-state index in [1.54, 1.807) is 11.3 Å². The summed E-state index contributed by atoms with van der Waals surface area (Å²) in [4.78, 5) is 8.65. The van der Waals surface area contributed by atoms with Gasteiger partial charge in [0.25, 0.3) is 0 Å². The molecule has 0 aliphatic heterocycles. The number of anilines is 1. The fraction of sp³-hybridized carbons (Fsp3) is 0.333. The van der Waals surface area contributed by atoms with Gasteiger partial charge < -0.3 is 9.88 Å². The fourth-order valence-electron chi connectivity index (χ4n) is 2.14. The molecule has 1 aromatic carbocycles. The Labute approximate surface area is 122 Å². The second-order valence-electron chi connectivity index (χ2n) is 4.76. The van der Waals surface area contributed by atoms with Crippen molar-refractivity contribution in [2.45, 2.75) is 26.3 Å². The van der Waals surface area contributed by atoms with Crippen molar-refractivity contribution < 1.29 is 0 Å². The van der Waals surface area contributed by atoms with E-state index in [0.717, 1.165) is 36.6 Å². The van der Waals surface area contributed by atoms with Gasteiger partial charge in [0.15, 0.2) is 5.13 Å². The summed E-state index contributed by atoms with van der Waals surface area (Å²) in [6.07, 6.45) is 7.79. The normalized spacial score (nSPS) is 11.1. The number of hydrogen-bond acceptors (Lipinski definition) is 4. The van der Waals surface area contributed by atoms with Gasteiger partial charge in [0.2, 0.25) is 0 Å². The van der Waals surface area contributed by atoms with Gasteiger partial charge in [-0.05, 0) is 30.5 Å². The Morgan fingerprint density at radius 2 is 2.30 bits per heavy atom. The molecule has 0 amide bonds. The average Bonchev–Trinajstić information content (AvgIpc) is 3.11. The molecule has 0 atom stereocenters. The number of benzene rings is 1. The Bertz CT molecular complexity index is 672. The number of nitrogens with zero attached hydrogens (tertiary/aromatic N) is 3. The van der Waals surface area contributed by atoms with Crippen molar-refractivity contribution in [3.05, 3.63) is 42.5 Å². The second kappa shape index (κ2) is 6.05. The van der Waals surface area contributed by atoms with Gasteiger partial charge in [0, 0.05) is 25.5 Å². The number of thiazole rings is 1. The Morgan fingerprint density at radius 1 is 1.35 bits per heavy atom. The lowest BCUT2D eigenvalue weighted by atomic mass is 10.2. The molecule has 0 radical (unpaired) electrons. The predicted octanol–water partition coefficient (Wildman–Crippen LogP) is 3.56. The molecule has 0 spiro atoms. The molecule has 3 rings (SSSR count). The molecule has 0 bridgehead atoms. The van der Waals surface area contributed by atoms with E-state index in [9.17, 15) is 0 Å². The van der Waals surface area contributed by atoms with Crippen LogP contribution in [0, 0.1) is 0 Å². The van der Waals surface area contributed by atoms with Crippen LogP contribution < -0.4 is 5.32 Å². The van der Waals surface area contributed by atoms with E-state index in [1.165, 1.54) is 10.3 Å². The van der Waals surface area contributed by atoms with E-state index in [0.29, 0.717) is 0 Å². The number of imidazole rings is 1. The van der Waals surface area contributed by atoms with Gasteiger partial charge in [0.1, 0.15) is 0 Å². The quantitative estimate of drug-likeness (QED) is 0.705. The first kappa shape index (κ1) is 13.1. The summed E-state index contributed by atoms with van der Waals surface area (Å²) in [7, 11) is 0. The minimum atomic E-state index is 0.929. The van der Waals surface area contributed by atoms with Crippen molar-refractivity contribution in [2.75, 3.05) is 11.9 Å². The minimum Gasteiger partial charge on any atom is -0.361 e. The number of rotatable bonds is 6. The summed E-state index contributed by atoms with van der Waals surface area (Å²) in [6, 6.07) is 6.51. The van der Waals surface area contributed by atoms with Crippen LogP contribution in [0.25, 0.3) is 10.2 Å². The van der Waals surface area contributed by atoms with E-state index < -0.39 is 0 Å². The van der Waals surface area contributed by atoms with Crippen molar-refractivity contribution in [3.63, 3.8) is 0 Å². The maximum atomic E-state index is 4.61. The molecule has 0 aliphatic carbocycles. The largest absolute Gasteiger partial charge is 0.361 e. The molecule has 104 valence electrons. The maximum Gasteiger partial charge on any atom is 0.183 e. The van der Waals surface area contributed by atoms with E-state index in [1.807, 2.05) is 18.7 Å². The summed E-state index contributed by atoms with van der Waals surface area (Å²) >= 11 is 1.73. The molecule has 0 saturated heterocycles. The number of fused-ring (bicyclic) bond motifs is 1. The Kier molecular flexibility index (Phi) is 3.97. The standard InChI is InChI=1S/C15H18N4S/c1-2-12-4-5-13-14(10-12)20-15(18-13)17-6-3-8-19-9-7-16-11-19/h4-5,7,9-11H,2-3,6,8H2,1H3,(H,17,18). The zero-order valence-electron chi connectivity index (χ0n) is 11.5. The van der Waals surface area contributed by atoms with Crippen LogP contribution in [0.3, 0.4) is 0 Å². The molecular formula is C15H18N4S. The highest BCUT2D eigenvalue weighted by atomic mass is 32.1. The molecule has 0 aliphatic rings. The SMILES string of the molecule is CCc1ccc2nc(NCCCn3ccnc3)sc2c1. The smallest absolute Gasteiger partial charge is 0.183 e. The van der Waals surface area contributed by atoms with E-state index in [-0.39, 0.29) is 0 Å². The van der Waals surface area contributed by atoms with Crippen molar-refractivity contribution in [2.24, 2.45) is 0 Å². The van der Waals surface area contributed by atoms with Gasteiger partial charge in [-0.3, -0.25) is 0 Å². The van der Waals surface area contributed by atoms with Crippen molar-refractivity contribution in [1.82, 2.24) is 14.5 Å². The second-order valence-corrected chi connectivity index (χ2v) is 5.79. The third kappa shape index (κ3) is 2.99. The number of aromatic nitrogens is 3. The Morgan fingerprint density at radius 3 is 3.10 bits per heavy atom. The van der Waals surface area contributed by atoms with Crippen molar-refractivity contribution >= 4 is 26.7 Å². The zero-order valence-corrected chi connectivity index (χ0v) is 12.4. The first-order chi connectivity index (χ1) is 9.85. The predicted molar refractivity (Wildman–Crippen MR) is 84.3 cm³/mol. The highest BCUT2D eigenvalue weighted by Gasteiger charge is 2.03. The van der Waals surface area contributed by atoms with Crippen LogP contribution in [0.2, 0.25) is 0 Å².